The van der Waals surface area contributed by atoms with Crippen LogP contribution in [0.5, 0.6) is 0 Å². The lowest BCUT2D eigenvalue weighted by Gasteiger charge is -2.37. The van der Waals surface area contributed by atoms with E-state index in [0.29, 0.717) is 13.1 Å². The fourth-order valence-electron chi connectivity index (χ4n) is 2.05. The molecule has 4 unspecified atom stereocenters. The smallest absolute Gasteiger partial charge is 0.106 e. The normalized spacial score (nSPS) is 18.3. The summed E-state index contributed by atoms with van der Waals surface area (Å²) < 4.78 is 0. The van der Waals surface area contributed by atoms with Crippen LogP contribution in [0.25, 0.3) is 0 Å². The molecule has 0 aliphatic heterocycles. The van der Waals surface area contributed by atoms with Crippen molar-refractivity contribution < 1.29 is 15.3 Å². The molecule has 0 fully saturated rings. The zero-order chi connectivity index (χ0) is 14.8. The number of hydrogen-bond acceptors (Lipinski definition) is 7. The van der Waals surface area contributed by atoms with Gasteiger partial charge in [-0.3, -0.25) is 0 Å². The van der Waals surface area contributed by atoms with Gasteiger partial charge in [0.2, 0.25) is 0 Å². The van der Waals surface area contributed by atoms with Gasteiger partial charge in [0.25, 0.3) is 0 Å². The first-order valence-corrected chi connectivity index (χ1v) is 6.85. The average molecular weight is 278 g/mol. The average Bonchev–Trinajstić information content (AvgIpc) is 2.30. The van der Waals surface area contributed by atoms with Crippen LogP contribution in [0.15, 0.2) is 0 Å². The molecule has 116 valence electrons. The number of nitrogens with one attached hydrogen (secondary N) is 2. The van der Waals surface area contributed by atoms with Crippen molar-refractivity contribution in [2.45, 2.75) is 45.4 Å². The van der Waals surface area contributed by atoms with Crippen LogP contribution in [0, 0.1) is 0 Å². The van der Waals surface area contributed by atoms with Crippen LogP contribution in [0.1, 0.15) is 20.8 Å². The molecule has 0 saturated heterocycles. The van der Waals surface area contributed by atoms with Gasteiger partial charge < -0.3 is 31.7 Å². The summed E-state index contributed by atoms with van der Waals surface area (Å²) in [5.41, 5.74) is 5.36. The molecule has 0 aromatic carbocycles. The van der Waals surface area contributed by atoms with Crippen LogP contribution in [0.3, 0.4) is 0 Å². The highest BCUT2D eigenvalue weighted by molar-refractivity contribution is 4.80. The molecule has 0 saturated carbocycles. The Bertz CT molecular complexity index is 207. The van der Waals surface area contributed by atoms with Crippen LogP contribution in [-0.4, -0.2) is 77.5 Å². The van der Waals surface area contributed by atoms with Gasteiger partial charge in [-0.1, -0.05) is 0 Å². The summed E-state index contributed by atoms with van der Waals surface area (Å²) in [5, 5.41) is 35.5. The van der Waals surface area contributed by atoms with Gasteiger partial charge in [-0.2, -0.15) is 0 Å². The summed E-state index contributed by atoms with van der Waals surface area (Å²) in [6, 6.07) is -0.352. The quantitative estimate of drug-likeness (QED) is 0.189. The number of aliphatic hydroxyl groups is 3. The van der Waals surface area contributed by atoms with Crippen molar-refractivity contribution in [1.82, 2.24) is 15.5 Å². The van der Waals surface area contributed by atoms with Crippen LogP contribution >= 0.6 is 0 Å². The maximum atomic E-state index is 9.79. The molecule has 0 aliphatic carbocycles. The van der Waals surface area contributed by atoms with Crippen LogP contribution < -0.4 is 16.4 Å². The summed E-state index contributed by atoms with van der Waals surface area (Å²) in [7, 11) is 0. The van der Waals surface area contributed by atoms with E-state index in [2.05, 4.69) is 10.6 Å². The van der Waals surface area contributed by atoms with Crippen molar-refractivity contribution in [3.63, 3.8) is 0 Å². The lowest BCUT2D eigenvalue weighted by molar-refractivity contribution is -0.129. The maximum Gasteiger partial charge on any atom is 0.106 e. The number of nitrogens with zero attached hydrogens (tertiary/aromatic N) is 1. The maximum absolute atomic E-state index is 9.79. The van der Waals surface area contributed by atoms with E-state index < -0.39 is 18.6 Å². The van der Waals surface area contributed by atoms with Gasteiger partial charge in [0, 0.05) is 32.7 Å². The highest BCUT2D eigenvalue weighted by Crippen LogP contribution is 2.11. The second-order valence-corrected chi connectivity index (χ2v) is 4.76. The molecule has 0 aromatic rings. The molecule has 0 amide bonds. The largest absolute Gasteiger partial charge is 0.392 e. The van der Waals surface area contributed by atoms with E-state index in [4.69, 9.17) is 5.73 Å². The van der Waals surface area contributed by atoms with Gasteiger partial charge >= 0.3 is 0 Å². The van der Waals surface area contributed by atoms with Gasteiger partial charge in [0.05, 0.1) is 12.1 Å². The Morgan fingerprint density at radius 2 is 1.47 bits per heavy atom. The van der Waals surface area contributed by atoms with Gasteiger partial charge in [0.1, 0.15) is 12.5 Å². The summed E-state index contributed by atoms with van der Waals surface area (Å²) in [6.07, 6.45) is -2.30. The Labute approximate surface area is 115 Å². The third-order valence-corrected chi connectivity index (χ3v) is 2.96. The lowest BCUT2D eigenvalue weighted by Crippen LogP contribution is -2.56. The molecule has 19 heavy (non-hydrogen) atoms. The van der Waals surface area contributed by atoms with E-state index in [1.54, 1.807) is 20.8 Å². The molecular formula is C12H30N4O3. The predicted octanol–water partition coefficient (Wildman–Crippen LogP) is -2.15. The van der Waals surface area contributed by atoms with Crippen molar-refractivity contribution in [2.24, 2.45) is 5.73 Å². The topological polar surface area (TPSA) is 114 Å². The molecule has 4 atom stereocenters. The minimum atomic E-state index is -0.822. The van der Waals surface area contributed by atoms with E-state index in [0.717, 1.165) is 19.6 Å². The lowest BCUT2D eigenvalue weighted by atomic mass is 10.1. The standard InChI is InChI=1S/C12H30N4O3/c1-9(17)12(16(10(2)18)11(3)19)8-15-7-6-14-5-4-13/h9-12,14-15,17-19H,4-8,13H2,1-3H3. The summed E-state index contributed by atoms with van der Waals surface area (Å²) in [5.74, 6) is 0. The Morgan fingerprint density at radius 1 is 0.947 bits per heavy atom. The molecule has 0 aliphatic rings. The van der Waals surface area contributed by atoms with E-state index in [1.165, 1.54) is 4.90 Å². The van der Waals surface area contributed by atoms with Crippen molar-refractivity contribution >= 4 is 0 Å². The number of rotatable bonds is 11. The van der Waals surface area contributed by atoms with Crippen LogP contribution in [0.4, 0.5) is 0 Å². The van der Waals surface area contributed by atoms with Gasteiger partial charge in [-0.25, -0.2) is 4.90 Å². The Hall–Kier alpha value is -0.280. The minimum Gasteiger partial charge on any atom is -0.392 e. The molecule has 7 N–H and O–H groups in total. The molecular weight excluding hydrogens is 248 g/mol. The number of hydrogen-bond donors (Lipinski definition) is 6. The molecule has 0 rings (SSSR count). The van der Waals surface area contributed by atoms with E-state index in [-0.39, 0.29) is 6.04 Å². The first kappa shape index (κ1) is 18.7. The summed E-state index contributed by atoms with van der Waals surface area (Å²) in [4.78, 5) is 1.48. The second kappa shape index (κ2) is 10.5. The van der Waals surface area contributed by atoms with Gasteiger partial charge in [-0.05, 0) is 20.8 Å². The van der Waals surface area contributed by atoms with Crippen molar-refractivity contribution in [3.8, 4) is 0 Å². The zero-order valence-electron chi connectivity index (χ0n) is 12.2. The Kier molecular flexibility index (Phi) is 10.3. The van der Waals surface area contributed by atoms with E-state index >= 15 is 0 Å². The zero-order valence-corrected chi connectivity index (χ0v) is 12.2. The number of aliphatic hydroxyl groups excluding tert-OH is 3. The first-order chi connectivity index (χ1) is 8.91. The SMILES string of the molecule is CC(O)C(CNCCNCCN)N(C(C)O)C(C)O. The third kappa shape index (κ3) is 7.78. The van der Waals surface area contributed by atoms with Gasteiger partial charge in [-0.15, -0.1) is 0 Å². The van der Waals surface area contributed by atoms with Crippen LogP contribution in [0.2, 0.25) is 0 Å². The molecule has 0 bridgehead atoms. The second-order valence-electron chi connectivity index (χ2n) is 4.76. The summed E-state index contributed by atoms with van der Waals surface area (Å²) in [6.45, 7) is 8.18. The molecule has 0 radical (unpaired) electrons. The highest BCUT2D eigenvalue weighted by Gasteiger charge is 2.29. The highest BCUT2D eigenvalue weighted by atomic mass is 16.3. The monoisotopic (exact) mass is 278 g/mol. The molecule has 7 heteroatoms. The van der Waals surface area contributed by atoms with Gasteiger partial charge in [0.15, 0.2) is 0 Å². The van der Waals surface area contributed by atoms with E-state index in [9.17, 15) is 15.3 Å². The molecule has 0 aromatic heterocycles. The van der Waals surface area contributed by atoms with Crippen LogP contribution in [-0.2, 0) is 0 Å². The Balaban J connectivity index is 4.17. The van der Waals surface area contributed by atoms with Crippen molar-refractivity contribution in [1.29, 1.82) is 0 Å². The van der Waals surface area contributed by atoms with Crippen molar-refractivity contribution in [3.05, 3.63) is 0 Å². The third-order valence-electron chi connectivity index (χ3n) is 2.96. The molecule has 7 nitrogen and oxygen atoms in total. The van der Waals surface area contributed by atoms with Crippen molar-refractivity contribution in [2.75, 3.05) is 32.7 Å². The summed E-state index contributed by atoms with van der Waals surface area (Å²) >= 11 is 0. The fourth-order valence-corrected chi connectivity index (χ4v) is 2.05. The predicted molar refractivity (Wildman–Crippen MR) is 75.5 cm³/mol. The van der Waals surface area contributed by atoms with E-state index in [1.807, 2.05) is 0 Å². The number of nitrogens with two attached hydrogens (primary N) is 1. The minimum absolute atomic E-state index is 0.352. The Morgan fingerprint density at radius 3 is 1.89 bits per heavy atom. The molecule has 0 spiro atoms. The fraction of sp³-hybridized carbons (Fsp3) is 1.00. The first-order valence-electron chi connectivity index (χ1n) is 6.85. The molecule has 0 heterocycles.